The van der Waals surface area contributed by atoms with Crippen molar-refractivity contribution >= 4 is 5.97 Å². The number of rotatable bonds is 7. The minimum atomic E-state index is -0.0269. The number of ether oxygens (including phenoxy) is 1. The van der Waals surface area contributed by atoms with E-state index < -0.39 is 0 Å². The van der Waals surface area contributed by atoms with Gasteiger partial charge in [-0.05, 0) is 39.0 Å². The molecule has 2 N–H and O–H groups in total. The summed E-state index contributed by atoms with van der Waals surface area (Å²) in [7, 11) is 0. The highest BCUT2D eigenvalue weighted by atomic mass is 16.5. The summed E-state index contributed by atoms with van der Waals surface area (Å²) in [5, 5.41) is 0. The summed E-state index contributed by atoms with van der Waals surface area (Å²) < 4.78 is 5.47. The van der Waals surface area contributed by atoms with E-state index in [-0.39, 0.29) is 24.0 Å². The quantitative estimate of drug-likeness (QED) is 0.550. The average molecular weight is 241 g/mol. The van der Waals surface area contributed by atoms with E-state index in [4.69, 9.17) is 10.5 Å². The Labute approximate surface area is 105 Å². The van der Waals surface area contributed by atoms with Gasteiger partial charge >= 0.3 is 5.97 Å². The third-order valence-corrected chi connectivity index (χ3v) is 3.59. The van der Waals surface area contributed by atoms with E-state index in [1.54, 1.807) is 0 Å². The molecule has 3 atom stereocenters. The van der Waals surface area contributed by atoms with E-state index >= 15 is 0 Å². The molecule has 0 aliphatic heterocycles. The Morgan fingerprint density at radius 2 is 2.12 bits per heavy atom. The third-order valence-electron chi connectivity index (χ3n) is 3.59. The lowest BCUT2D eigenvalue weighted by Gasteiger charge is -2.16. The van der Waals surface area contributed by atoms with Gasteiger partial charge in [-0.15, -0.1) is 0 Å². The maximum absolute atomic E-state index is 11.8. The summed E-state index contributed by atoms with van der Waals surface area (Å²) >= 11 is 0. The molecule has 0 aromatic carbocycles. The van der Waals surface area contributed by atoms with Gasteiger partial charge in [0.05, 0.1) is 12.0 Å². The number of nitrogens with two attached hydrogens (primary N) is 1. The maximum atomic E-state index is 11.8. The number of hydrogen-bond acceptors (Lipinski definition) is 3. The Balaban J connectivity index is 2.12. The van der Waals surface area contributed by atoms with Gasteiger partial charge in [0, 0.05) is 6.04 Å². The zero-order chi connectivity index (χ0) is 12.7. The van der Waals surface area contributed by atoms with Gasteiger partial charge in [-0.2, -0.15) is 0 Å². The van der Waals surface area contributed by atoms with Crippen LogP contribution in [-0.2, 0) is 9.53 Å². The maximum Gasteiger partial charge on any atom is 0.309 e. The molecule has 1 fully saturated rings. The molecule has 0 spiro atoms. The molecule has 0 aromatic heterocycles. The fraction of sp³-hybridized carbons (Fsp3) is 0.929. The molecule has 3 nitrogen and oxygen atoms in total. The Bertz CT molecular complexity index is 230. The van der Waals surface area contributed by atoms with Gasteiger partial charge < -0.3 is 10.5 Å². The van der Waals surface area contributed by atoms with Crippen LogP contribution in [0.1, 0.15) is 65.2 Å². The monoisotopic (exact) mass is 241 g/mol. The van der Waals surface area contributed by atoms with Gasteiger partial charge in [-0.1, -0.05) is 26.2 Å². The van der Waals surface area contributed by atoms with Crippen LogP contribution in [0.25, 0.3) is 0 Å². The molecule has 17 heavy (non-hydrogen) atoms. The molecular formula is C14H27NO2. The van der Waals surface area contributed by atoms with Gasteiger partial charge in [-0.25, -0.2) is 0 Å². The van der Waals surface area contributed by atoms with Gasteiger partial charge in [0.15, 0.2) is 0 Å². The Hall–Kier alpha value is -0.570. The SMILES string of the molecule is CCCCCCC(C)OC(=O)[C@@H]1CC[C@H](N)C1. The average Bonchev–Trinajstić information content (AvgIpc) is 2.71. The minimum absolute atomic E-state index is 0.0269. The topological polar surface area (TPSA) is 52.3 Å². The molecule has 0 aromatic rings. The predicted molar refractivity (Wildman–Crippen MR) is 69.6 cm³/mol. The molecule has 100 valence electrons. The second kappa shape index (κ2) is 7.70. The summed E-state index contributed by atoms with van der Waals surface area (Å²) in [6, 6.07) is 0.201. The van der Waals surface area contributed by atoms with E-state index in [9.17, 15) is 4.79 Å². The smallest absolute Gasteiger partial charge is 0.309 e. The van der Waals surface area contributed by atoms with Crippen LogP contribution in [0, 0.1) is 5.92 Å². The fourth-order valence-corrected chi connectivity index (χ4v) is 2.44. The summed E-state index contributed by atoms with van der Waals surface area (Å²) in [5.74, 6) is 0.0315. The van der Waals surface area contributed by atoms with E-state index in [0.717, 1.165) is 32.1 Å². The summed E-state index contributed by atoms with van der Waals surface area (Å²) in [6.45, 7) is 4.20. The van der Waals surface area contributed by atoms with Crippen LogP contribution < -0.4 is 5.73 Å². The van der Waals surface area contributed by atoms with Crippen LogP contribution in [-0.4, -0.2) is 18.1 Å². The molecule has 0 radical (unpaired) electrons. The first-order valence-corrected chi connectivity index (χ1v) is 7.09. The summed E-state index contributed by atoms with van der Waals surface area (Å²) in [5.41, 5.74) is 5.80. The van der Waals surface area contributed by atoms with Crippen LogP contribution in [0.3, 0.4) is 0 Å². The standard InChI is InChI=1S/C14H27NO2/c1-3-4-5-6-7-11(2)17-14(16)12-8-9-13(15)10-12/h11-13H,3-10,15H2,1-2H3/t11?,12-,13+/m1/s1. The molecule has 0 amide bonds. The number of carbonyl (C=O) groups is 1. The molecule has 0 bridgehead atoms. The first-order valence-electron chi connectivity index (χ1n) is 7.09. The minimum Gasteiger partial charge on any atom is -0.462 e. The molecule has 1 aliphatic carbocycles. The van der Waals surface area contributed by atoms with Crippen molar-refractivity contribution in [2.45, 2.75) is 77.4 Å². The Morgan fingerprint density at radius 3 is 2.71 bits per heavy atom. The second-order valence-corrected chi connectivity index (χ2v) is 5.37. The number of esters is 1. The number of carbonyl (C=O) groups excluding carboxylic acids is 1. The second-order valence-electron chi connectivity index (χ2n) is 5.37. The molecule has 1 aliphatic rings. The van der Waals surface area contributed by atoms with Crippen molar-refractivity contribution in [2.75, 3.05) is 0 Å². The van der Waals surface area contributed by atoms with Crippen LogP contribution in [0.4, 0.5) is 0 Å². The first-order chi connectivity index (χ1) is 8.13. The Kier molecular flexibility index (Phi) is 6.56. The zero-order valence-corrected chi connectivity index (χ0v) is 11.3. The summed E-state index contributed by atoms with van der Waals surface area (Å²) in [4.78, 5) is 11.8. The normalized spacial score (nSPS) is 25.8. The van der Waals surface area contributed by atoms with Crippen LogP contribution >= 0.6 is 0 Å². The zero-order valence-electron chi connectivity index (χ0n) is 11.3. The molecule has 1 unspecified atom stereocenters. The molecule has 1 rings (SSSR count). The third kappa shape index (κ3) is 5.53. The first kappa shape index (κ1) is 14.5. The molecule has 0 saturated heterocycles. The Morgan fingerprint density at radius 1 is 1.35 bits per heavy atom. The van der Waals surface area contributed by atoms with Gasteiger partial charge in [0.1, 0.15) is 0 Å². The molecular weight excluding hydrogens is 214 g/mol. The molecule has 3 heteroatoms. The highest BCUT2D eigenvalue weighted by Crippen LogP contribution is 2.26. The van der Waals surface area contributed by atoms with Gasteiger partial charge in [0.25, 0.3) is 0 Å². The van der Waals surface area contributed by atoms with E-state index in [1.807, 2.05) is 6.92 Å². The fourth-order valence-electron chi connectivity index (χ4n) is 2.44. The molecule has 1 saturated carbocycles. The highest BCUT2D eigenvalue weighted by molar-refractivity contribution is 5.73. The number of hydrogen-bond donors (Lipinski definition) is 1. The van der Waals surface area contributed by atoms with Crippen LogP contribution in [0.2, 0.25) is 0 Å². The largest absolute Gasteiger partial charge is 0.462 e. The highest BCUT2D eigenvalue weighted by Gasteiger charge is 2.29. The summed E-state index contributed by atoms with van der Waals surface area (Å²) in [6.07, 6.45) is 8.65. The molecule has 0 heterocycles. The lowest BCUT2D eigenvalue weighted by molar-refractivity contribution is -0.153. The van der Waals surface area contributed by atoms with Crippen molar-refractivity contribution in [3.8, 4) is 0 Å². The van der Waals surface area contributed by atoms with E-state index in [2.05, 4.69) is 6.92 Å². The lowest BCUT2D eigenvalue weighted by atomic mass is 10.1. The predicted octanol–water partition coefficient (Wildman–Crippen LogP) is 3.02. The van der Waals surface area contributed by atoms with Crippen molar-refractivity contribution in [2.24, 2.45) is 11.7 Å². The van der Waals surface area contributed by atoms with Crippen LogP contribution in [0.5, 0.6) is 0 Å². The van der Waals surface area contributed by atoms with Crippen LogP contribution in [0.15, 0.2) is 0 Å². The van der Waals surface area contributed by atoms with Crippen molar-refractivity contribution < 1.29 is 9.53 Å². The van der Waals surface area contributed by atoms with E-state index in [0.29, 0.717) is 0 Å². The lowest BCUT2D eigenvalue weighted by Crippen LogP contribution is -2.23. The van der Waals surface area contributed by atoms with Crippen molar-refractivity contribution in [1.82, 2.24) is 0 Å². The number of unbranched alkanes of at least 4 members (excludes halogenated alkanes) is 3. The van der Waals surface area contributed by atoms with Gasteiger partial charge in [0.2, 0.25) is 0 Å². The van der Waals surface area contributed by atoms with Crippen molar-refractivity contribution in [3.05, 3.63) is 0 Å². The van der Waals surface area contributed by atoms with Crippen molar-refractivity contribution in [3.63, 3.8) is 0 Å². The van der Waals surface area contributed by atoms with Gasteiger partial charge in [-0.3, -0.25) is 4.79 Å². The van der Waals surface area contributed by atoms with E-state index in [1.165, 1.54) is 19.3 Å². The van der Waals surface area contributed by atoms with Crippen molar-refractivity contribution in [1.29, 1.82) is 0 Å².